The van der Waals surface area contributed by atoms with Gasteiger partial charge in [0.05, 0.1) is 11.2 Å². The van der Waals surface area contributed by atoms with Crippen molar-refractivity contribution >= 4 is 10.9 Å². The molecule has 0 saturated carbocycles. The van der Waals surface area contributed by atoms with Crippen molar-refractivity contribution in [1.82, 2.24) is 4.98 Å². The number of fused-ring (bicyclic) bond motifs is 1. The summed E-state index contributed by atoms with van der Waals surface area (Å²) in [6, 6.07) is 10.5. The molecule has 1 heterocycles. The highest BCUT2D eigenvalue weighted by Crippen LogP contribution is 2.20. The lowest BCUT2D eigenvalue weighted by atomic mass is 10.0. The highest BCUT2D eigenvalue weighted by molar-refractivity contribution is 5.79. The van der Waals surface area contributed by atoms with Gasteiger partial charge in [-0.2, -0.15) is 0 Å². The lowest BCUT2D eigenvalue weighted by Gasteiger charge is -2.07. The minimum atomic E-state index is 0.502. The van der Waals surface area contributed by atoms with Gasteiger partial charge in [-0.25, -0.2) is 0 Å². The fourth-order valence-electron chi connectivity index (χ4n) is 1.65. The summed E-state index contributed by atoms with van der Waals surface area (Å²) < 4.78 is 0. The zero-order valence-corrected chi connectivity index (χ0v) is 9.20. The van der Waals surface area contributed by atoms with Crippen molar-refractivity contribution in [2.24, 2.45) is 5.73 Å². The Morgan fingerprint density at radius 2 is 1.93 bits per heavy atom. The highest BCUT2D eigenvalue weighted by Gasteiger charge is 2.02. The molecule has 0 unspecified atom stereocenters. The second-order valence-corrected chi connectivity index (χ2v) is 4.11. The monoisotopic (exact) mass is 200 g/mol. The van der Waals surface area contributed by atoms with E-state index < -0.39 is 0 Å². The first-order valence-corrected chi connectivity index (χ1v) is 5.30. The maximum atomic E-state index is 5.58. The summed E-state index contributed by atoms with van der Waals surface area (Å²) in [6.45, 7) is 4.88. The van der Waals surface area contributed by atoms with Gasteiger partial charge in [0.2, 0.25) is 0 Å². The van der Waals surface area contributed by atoms with Crippen molar-refractivity contribution < 1.29 is 0 Å². The summed E-state index contributed by atoms with van der Waals surface area (Å²) in [4.78, 5) is 4.51. The molecule has 2 N–H and O–H groups in total. The second-order valence-electron chi connectivity index (χ2n) is 4.11. The molecule has 2 nitrogen and oxygen atoms in total. The normalized spacial score (nSPS) is 11.2. The predicted molar refractivity (Wildman–Crippen MR) is 63.7 cm³/mol. The van der Waals surface area contributed by atoms with E-state index in [2.05, 4.69) is 43.1 Å². The van der Waals surface area contributed by atoms with E-state index in [0.717, 1.165) is 11.2 Å². The molecule has 0 fully saturated rings. The summed E-state index contributed by atoms with van der Waals surface area (Å²) in [5.41, 5.74) is 8.89. The van der Waals surface area contributed by atoms with E-state index in [0.29, 0.717) is 12.5 Å². The van der Waals surface area contributed by atoms with Gasteiger partial charge in [-0.05, 0) is 23.6 Å². The minimum absolute atomic E-state index is 0.502. The summed E-state index contributed by atoms with van der Waals surface area (Å²) in [7, 11) is 0. The molecule has 0 aliphatic heterocycles. The lowest BCUT2D eigenvalue weighted by Crippen LogP contribution is -1.99. The van der Waals surface area contributed by atoms with Crippen molar-refractivity contribution in [3.8, 4) is 0 Å². The van der Waals surface area contributed by atoms with Crippen LogP contribution in [0.1, 0.15) is 31.0 Å². The van der Waals surface area contributed by atoms with Crippen LogP contribution in [0.25, 0.3) is 10.9 Å². The SMILES string of the molecule is CC(C)c1ccc2ccc(CN)nc2c1. The molecular formula is C13H16N2. The van der Waals surface area contributed by atoms with Crippen LogP contribution < -0.4 is 5.73 Å². The van der Waals surface area contributed by atoms with Gasteiger partial charge in [-0.15, -0.1) is 0 Å². The van der Waals surface area contributed by atoms with Gasteiger partial charge in [0, 0.05) is 11.9 Å². The number of aromatic nitrogens is 1. The largest absolute Gasteiger partial charge is 0.325 e. The van der Waals surface area contributed by atoms with Crippen LogP contribution in [-0.4, -0.2) is 4.98 Å². The van der Waals surface area contributed by atoms with E-state index in [-0.39, 0.29) is 0 Å². The van der Waals surface area contributed by atoms with Gasteiger partial charge in [-0.1, -0.05) is 32.0 Å². The number of nitrogens with zero attached hydrogens (tertiary/aromatic N) is 1. The van der Waals surface area contributed by atoms with Crippen LogP contribution in [0.3, 0.4) is 0 Å². The minimum Gasteiger partial charge on any atom is -0.325 e. The van der Waals surface area contributed by atoms with Crippen molar-refractivity contribution in [3.05, 3.63) is 41.6 Å². The number of hydrogen-bond donors (Lipinski definition) is 1. The van der Waals surface area contributed by atoms with Crippen LogP contribution in [0.5, 0.6) is 0 Å². The Kier molecular flexibility index (Phi) is 2.69. The zero-order valence-electron chi connectivity index (χ0n) is 9.20. The molecular weight excluding hydrogens is 184 g/mol. The van der Waals surface area contributed by atoms with Crippen LogP contribution in [0.15, 0.2) is 30.3 Å². The van der Waals surface area contributed by atoms with Crippen LogP contribution in [0.4, 0.5) is 0 Å². The average Bonchev–Trinajstić information content (AvgIpc) is 2.27. The van der Waals surface area contributed by atoms with Crippen molar-refractivity contribution in [3.63, 3.8) is 0 Å². The average molecular weight is 200 g/mol. The Hall–Kier alpha value is -1.41. The molecule has 2 rings (SSSR count). The Labute approximate surface area is 90.1 Å². The molecule has 2 heteroatoms. The van der Waals surface area contributed by atoms with Crippen LogP contribution in [0, 0.1) is 0 Å². The fraction of sp³-hybridized carbons (Fsp3) is 0.308. The first-order chi connectivity index (χ1) is 7.20. The maximum Gasteiger partial charge on any atom is 0.0708 e. The van der Waals surface area contributed by atoms with Gasteiger partial charge in [0.15, 0.2) is 0 Å². The third-order valence-electron chi connectivity index (χ3n) is 2.65. The summed E-state index contributed by atoms with van der Waals surface area (Å²) >= 11 is 0. The van der Waals surface area contributed by atoms with Gasteiger partial charge in [-0.3, -0.25) is 4.98 Å². The Bertz CT molecular complexity index is 475. The van der Waals surface area contributed by atoms with Gasteiger partial charge in [0.25, 0.3) is 0 Å². The number of pyridine rings is 1. The molecule has 0 spiro atoms. The number of rotatable bonds is 2. The summed E-state index contributed by atoms with van der Waals surface area (Å²) in [6.07, 6.45) is 0. The first kappa shape index (κ1) is 10.1. The number of benzene rings is 1. The van der Waals surface area contributed by atoms with Crippen molar-refractivity contribution in [2.45, 2.75) is 26.3 Å². The number of hydrogen-bond acceptors (Lipinski definition) is 2. The molecule has 1 aromatic heterocycles. The molecule has 78 valence electrons. The maximum absolute atomic E-state index is 5.58. The molecule has 2 aromatic rings. The molecule has 0 amide bonds. The topological polar surface area (TPSA) is 38.9 Å². The van der Waals surface area contributed by atoms with E-state index in [9.17, 15) is 0 Å². The Morgan fingerprint density at radius 3 is 2.60 bits per heavy atom. The summed E-state index contributed by atoms with van der Waals surface area (Å²) in [5, 5.41) is 1.18. The van der Waals surface area contributed by atoms with Crippen molar-refractivity contribution in [1.29, 1.82) is 0 Å². The van der Waals surface area contributed by atoms with E-state index in [1.807, 2.05) is 6.07 Å². The lowest BCUT2D eigenvalue weighted by molar-refractivity contribution is 0.867. The standard InChI is InChI=1S/C13H16N2/c1-9(2)11-4-3-10-5-6-12(8-14)15-13(10)7-11/h3-7,9H,8,14H2,1-2H3. The van der Waals surface area contributed by atoms with E-state index >= 15 is 0 Å². The molecule has 0 atom stereocenters. The predicted octanol–water partition coefficient (Wildman–Crippen LogP) is 2.82. The van der Waals surface area contributed by atoms with Crippen LogP contribution in [-0.2, 0) is 6.54 Å². The summed E-state index contributed by atoms with van der Waals surface area (Å²) in [5.74, 6) is 0.540. The van der Waals surface area contributed by atoms with E-state index in [1.165, 1.54) is 10.9 Å². The Morgan fingerprint density at radius 1 is 1.20 bits per heavy atom. The quantitative estimate of drug-likeness (QED) is 0.809. The van der Waals surface area contributed by atoms with Gasteiger partial charge < -0.3 is 5.73 Å². The Balaban J connectivity index is 2.57. The molecule has 0 radical (unpaired) electrons. The molecule has 15 heavy (non-hydrogen) atoms. The van der Waals surface area contributed by atoms with E-state index in [1.54, 1.807) is 0 Å². The third-order valence-corrected chi connectivity index (χ3v) is 2.65. The van der Waals surface area contributed by atoms with Crippen LogP contribution in [0.2, 0.25) is 0 Å². The molecule has 0 aliphatic carbocycles. The van der Waals surface area contributed by atoms with Crippen molar-refractivity contribution in [2.75, 3.05) is 0 Å². The van der Waals surface area contributed by atoms with E-state index in [4.69, 9.17) is 5.73 Å². The van der Waals surface area contributed by atoms with Crippen LogP contribution >= 0.6 is 0 Å². The molecule has 0 bridgehead atoms. The number of nitrogens with two attached hydrogens (primary N) is 1. The molecule has 0 saturated heterocycles. The second kappa shape index (κ2) is 3.99. The molecule has 1 aromatic carbocycles. The van der Waals surface area contributed by atoms with Gasteiger partial charge >= 0.3 is 0 Å². The smallest absolute Gasteiger partial charge is 0.0708 e. The zero-order chi connectivity index (χ0) is 10.8. The fourth-order valence-corrected chi connectivity index (χ4v) is 1.65. The van der Waals surface area contributed by atoms with Gasteiger partial charge in [0.1, 0.15) is 0 Å². The molecule has 0 aliphatic rings. The highest BCUT2D eigenvalue weighted by atomic mass is 14.7. The third kappa shape index (κ3) is 2.00. The first-order valence-electron chi connectivity index (χ1n) is 5.30.